The van der Waals surface area contributed by atoms with E-state index >= 15 is 4.39 Å². The summed E-state index contributed by atoms with van der Waals surface area (Å²) in [5, 5.41) is 8.31. The molecule has 0 spiro atoms. The molecule has 3 atom stereocenters. The smallest absolute Gasteiger partial charge is 0.229 e. The number of pyridine rings is 2. The molecule has 3 heterocycles. The van der Waals surface area contributed by atoms with Crippen LogP contribution in [0.1, 0.15) is 24.0 Å². The third kappa shape index (κ3) is 3.28. The minimum Gasteiger partial charge on any atom is -0.396 e. The van der Waals surface area contributed by atoms with Crippen LogP contribution < -0.4 is 11.1 Å². The third-order valence-electron chi connectivity index (χ3n) is 6.37. The quantitative estimate of drug-likeness (QED) is 0.476. The van der Waals surface area contributed by atoms with Crippen molar-refractivity contribution in [1.29, 1.82) is 0 Å². The van der Waals surface area contributed by atoms with E-state index in [9.17, 15) is 4.79 Å². The van der Waals surface area contributed by atoms with Gasteiger partial charge in [-0.25, -0.2) is 9.37 Å². The van der Waals surface area contributed by atoms with E-state index in [1.165, 1.54) is 6.20 Å². The summed E-state index contributed by atoms with van der Waals surface area (Å²) in [4.78, 5) is 21.3. The highest BCUT2D eigenvalue weighted by molar-refractivity contribution is 6.00. The number of anilines is 2. The lowest BCUT2D eigenvalue weighted by Gasteiger charge is -2.12. The van der Waals surface area contributed by atoms with E-state index in [-0.39, 0.29) is 29.3 Å². The highest BCUT2D eigenvalue weighted by Gasteiger charge is 2.52. The van der Waals surface area contributed by atoms with Crippen LogP contribution in [0.3, 0.4) is 0 Å². The molecule has 0 saturated heterocycles. The highest BCUT2D eigenvalue weighted by atomic mass is 19.1. The number of hydrogen-bond acceptors (Lipinski definition) is 5. The zero-order chi connectivity index (χ0) is 22.6. The highest BCUT2D eigenvalue weighted by Crippen LogP contribution is 2.54. The lowest BCUT2D eigenvalue weighted by Crippen LogP contribution is -2.16. The number of carbonyl (C=O) groups is 1. The number of fused-ring (bicyclic) bond motifs is 1. The molecule has 7 nitrogen and oxygen atoms in total. The maximum absolute atomic E-state index is 15.0. The molecule has 0 radical (unpaired) electrons. The number of nitrogens with one attached hydrogen (secondary N) is 1. The second-order valence-electron chi connectivity index (χ2n) is 8.48. The van der Waals surface area contributed by atoms with Crippen molar-refractivity contribution in [3.05, 3.63) is 66.1 Å². The average Bonchev–Trinajstić information content (AvgIpc) is 3.25. The zero-order valence-corrected chi connectivity index (χ0v) is 18.0. The minimum atomic E-state index is -0.502. The van der Waals surface area contributed by atoms with Gasteiger partial charge < -0.3 is 11.1 Å². The molecule has 2 unspecified atom stereocenters. The number of aryl methyl sites for hydroxylation is 2. The van der Waals surface area contributed by atoms with Gasteiger partial charge in [0.2, 0.25) is 5.91 Å². The van der Waals surface area contributed by atoms with E-state index in [0.29, 0.717) is 27.7 Å². The summed E-state index contributed by atoms with van der Waals surface area (Å²) in [5.41, 5.74) is 9.11. The molecule has 5 rings (SSSR count). The molecule has 1 aromatic carbocycles. The Balaban J connectivity index is 1.45. The normalized spacial score (nSPS) is 19.8. The summed E-state index contributed by atoms with van der Waals surface area (Å²) in [6, 6.07) is 5.27. The minimum absolute atomic E-state index is 0.0265. The van der Waals surface area contributed by atoms with Crippen molar-refractivity contribution in [1.82, 2.24) is 19.7 Å². The summed E-state index contributed by atoms with van der Waals surface area (Å²) in [6.07, 6.45) is 8.54. The van der Waals surface area contributed by atoms with Crippen LogP contribution >= 0.6 is 0 Å². The second kappa shape index (κ2) is 7.40. The van der Waals surface area contributed by atoms with Crippen LogP contribution in [0.15, 0.2) is 49.2 Å². The number of nitrogen functional groups attached to an aromatic ring is 1. The predicted octanol–water partition coefficient (Wildman–Crippen LogP) is 4.05. The van der Waals surface area contributed by atoms with Gasteiger partial charge in [0.1, 0.15) is 5.82 Å². The summed E-state index contributed by atoms with van der Waals surface area (Å²) in [5.74, 6) is 0.0588. The first kappa shape index (κ1) is 20.1. The first-order valence-electron chi connectivity index (χ1n) is 10.4. The number of halogens is 1. The number of rotatable bonds is 4. The van der Waals surface area contributed by atoms with Gasteiger partial charge in [0.05, 0.1) is 11.9 Å². The molecule has 3 N–H and O–H groups in total. The Hall–Kier alpha value is -3.81. The molecular formula is C24H23FN6O. The number of benzene rings is 1. The van der Waals surface area contributed by atoms with Crippen molar-refractivity contribution < 1.29 is 9.18 Å². The molecule has 162 valence electrons. The van der Waals surface area contributed by atoms with Gasteiger partial charge in [-0.1, -0.05) is 6.92 Å². The Morgan fingerprint density at radius 1 is 1.22 bits per heavy atom. The van der Waals surface area contributed by atoms with Crippen molar-refractivity contribution in [2.24, 2.45) is 18.9 Å². The van der Waals surface area contributed by atoms with Crippen molar-refractivity contribution in [2.75, 3.05) is 11.1 Å². The predicted molar refractivity (Wildman–Crippen MR) is 121 cm³/mol. The molecule has 1 aliphatic carbocycles. The summed E-state index contributed by atoms with van der Waals surface area (Å²) >= 11 is 0. The summed E-state index contributed by atoms with van der Waals surface area (Å²) in [7, 11) is 1.86. The molecular weight excluding hydrogens is 407 g/mol. The molecule has 0 bridgehead atoms. The van der Waals surface area contributed by atoms with Crippen molar-refractivity contribution >= 4 is 28.2 Å². The molecule has 1 amide bonds. The second-order valence-corrected chi connectivity index (χ2v) is 8.48. The molecule has 4 aromatic rings. The Labute approximate surface area is 184 Å². The number of amides is 1. The van der Waals surface area contributed by atoms with Crippen LogP contribution in [0.2, 0.25) is 0 Å². The fourth-order valence-electron chi connectivity index (χ4n) is 4.51. The van der Waals surface area contributed by atoms with Gasteiger partial charge in [-0.05, 0) is 47.6 Å². The molecule has 1 fully saturated rings. The lowest BCUT2D eigenvalue weighted by molar-refractivity contribution is -0.117. The van der Waals surface area contributed by atoms with Gasteiger partial charge in [-0.15, -0.1) is 0 Å². The molecule has 1 aliphatic rings. The third-order valence-corrected chi connectivity index (χ3v) is 6.37. The van der Waals surface area contributed by atoms with E-state index in [4.69, 9.17) is 5.73 Å². The van der Waals surface area contributed by atoms with Crippen LogP contribution in [0.25, 0.3) is 21.9 Å². The Kier molecular flexibility index (Phi) is 4.65. The van der Waals surface area contributed by atoms with Gasteiger partial charge in [-0.3, -0.25) is 14.5 Å². The molecule has 0 aliphatic heterocycles. The van der Waals surface area contributed by atoms with E-state index in [2.05, 4.69) is 27.3 Å². The van der Waals surface area contributed by atoms with Crippen LogP contribution in [-0.2, 0) is 11.8 Å². The van der Waals surface area contributed by atoms with Crippen molar-refractivity contribution in [3.63, 3.8) is 0 Å². The Morgan fingerprint density at radius 3 is 2.75 bits per heavy atom. The monoisotopic (exact) mass is 430 g/mol. The average molecular weight is 430 g/mol. The van der Waals surface area contributed by atoms with Crippen molar-refractivity contribution in [2.45, 2.75) is 19.8 Å². The van der Waals surface area contributed by atoms with E-state index in [0.717, 1.165) is 11.1 Å². The van der Waals surface area contributed by atoms with Crippen LogP contribution in [0.5, 0.6) is 0 Å². The standard InChI is InChI=1S/C24H23FN6O/c1-12-4-5-27-9-17(12)16-6-14-7-19(28-10-18(14)23(26)22(16)25)30-24(32)21-13(2)20(21)15-8-29-31(3)11-15/h4-11,13,20-21H,26H2,1-3H3,(H,28,30,32)/t13?,20?,21-/m1/s1. The molecule has 3 aromatic heterocycles. The number of carbonyl (C=O) groups excluding carboxylic acids is 1. The van der Waals surface area contributed by atoms with Crippen LogP contribution in [0, 0.1) is 24.6 Å². The first-order valence-corrected chi connectivity index (χ1v) is 10.4. The van der Waals surface area contributed by atoms with Crippen LogP contribution in [-0.4, -0.2) is 25.7 Å². The largest absolute Gasteiger partial charge is 0.396 e. The number of hydrogen-bond donors (Lipinski definition) is 2. The zero-order valence-electron chi connectivity index (χ0n) is 18.0. The van der Waals surface area contributed by atoms with Crippen LogP contribution in [0.4, 0.5) is 15.9 Å². The maximum atomic E-state index is 15.0. The SMILES string of the molecule is Cc1ccncc1-c1cc2cc(NC(=O)[C@@H]3C(C)C3c3cnn(C)c3)ncc2c(N)c1F. The first-order chi connectivity index (χ1) is 15.3. The summed E-state index contributed by atoms with van der Waals surface area (Å²) < 4.78 is 16.8. The number of aromatic nitrogens is 4. The van der Waals surface area contributed by atoms with Crippen molar-refractivity contribution in [3.8, 4) is 11.1 Å². The van der Waals surface area contributed by atoms with E-state index in [1.807, 2.05) is 32.4 Å². The van der Waals surface area contributed by atoms with Gasteiger partial charge in [0, 0.05) is 60.2 Å². The Morgan fingerprint density at radius 2 is 2.03 bits per heavy atom. The van der Waals surface area contributed by atoms with E-state index in [1.54, 1.807) is 29.2 Å². The van der Waals surface area contributed by atoms with Gasteiger partial charge in [0.25, 0.3) is 0 Å². The van der Waals surface area contributed by atoms with Gasteiger partial charge in [0.15, 0.2) is 5.82 Å². The van der Waals surface area contributed by atoms with Gasteiger partial charge >= 0.3 is 0 Å². The van der Waals surface area contributed by atoms with E-state index < -0.39 is 5.82 Å². The Bertz CT molecular complexity index is 1360. The fraction of sp³-hybridized carbons (Fsp3) is 0.250. The number of nitrogens with two attached hydrogens (primary N) is 1. The molecule has 32 heavy (non-hydrogen) atoms. The lowest BCUT2D eigenvalue weighted by atomic mass is 9.98. The topological polar surface area (TPSA) is 98.7 Å². The molecule has 1 saturated carbocycles. The fourth-order valence-corrected chi connectivity index (χ4v) is 4.51. The van der Waals surface area contributed by atoms with Gasteiger partial charge in [-0.2, -0.15) is 5.10 Å². The maximum Gasteiger partial charge on any atom is 0.229 e. The number of nitrogens with zero attached hydrogens (tertiary/aromatic N) is 4. The summed E-state index contributed by atoms with van der Waals surface area (Å²) in [6.45, 7) is 3.95. The molecule has 8 heteroatoms.